The number of likely N-dealkylation sites (N-methyl/N-ethyl adjacent to an activating group) is 1. The highest BCUT2D eigenvalue weighted by Gasteiger charge is 2.19. The van der Waals surface area contributed by atoms with Crippen LogP contribution in [0, 0.1) is 0 Å². The monoisotopic (exact) mass is 506 g/mol. The van der Waals surface area contributed by atoms with Crippen molar-refractivity contribution in [3.05, 3.63) is 42.2 Å². The Bertz CT molecular complexity index is 1110. The third kappa shape index (κ3) is 7.30. The van der Waals surface area contributed by atoms with Crippen LogP contribution in [0.3, 0.4) is 0 Å². The molecule has 0 bridgehead atoms. The predicted molar refractivity (Wildman–Crippen MR) is 154 cm³/mol. The van der Waals surface area contributed by atoms with Crippen molar-refractivity contribution in [2.45, 2.75) is 78.0 Å². The molecule has 2 atom stereocenters. The Balaban J connectivity index is 1.61. The van der Waals surface area contributed by atoms with Gasteiger partial charge in [0.25, 0.3) is 0 Å². The number of nitrogens with one attached hydrogen (secondary N) is 1. The molecule has 7 nitrogen and oxygen atoms in total. The number of nitrogens with zero attached hydrogens (tertiary/aromatic N) is 5. The maximum Gasteiger partial charge on any atom is 0.224 e. The third-order valence-corrected chi connectivity index (χ3v) is 7.65. The maximum atomic E-state index is 9.93. The predicted octanol–water partition coefficient (Wildman–Crippen LogP) is 5.56. The zero-order valence-electron chi connectivity index (χ0n) is 23.3. The van der Waals surface area contributed by atoms with Gasteiger partial charge in [0.1, 0.15) is 5.65 Å². The molecule has 2 aromatic heterocycles. The summed E-state index contributed by atoms with van der Waals surface area (Å²) in [6.07, 6.45) is 10.1. The van der Waals surface area contributed by atoms with Gasteiger partial charge < -0.3 is 19.9 Å². The Kier molecular flexibility index (Phi) is 9.95. The molecule has 1 aromatic carbocycles. The van der Waals surface area contributed by atoms with Crippen LogP contribution in [0.1, 0.15) is 70.9 Å². The van der Waals surface area contributed by atoms with E-state index in [9.17, 15) is 5.11 Å². The highest BCUT2D eigenvalue weighted by molar-refractivity contribution is 5.94. The number of benzene rings is 1. The molecule has 0 spiro atoms. The summed E-state index contributed by atoms with van der Waals surface area (Å²) in [5.41, 5.74) is 4.70. The SMILES string of the molecule is CCCCNc1ncc2c(-c3ccc(CN4CCCN(C)CC4)cc3)cn(C(CC)CC[C@@H](C)O)c2n1. The summed E-state index contributed by atoms with van der Waals surface area (Å²) in [7, 11) is 2.22. The van der Waals surface area contributed by atoms with E-state index in [4.69, 9.17) is 4.98 Å². The summed E-state index contributed by atoms with van der Waals surface area (Å²) in [5.74, 6) is 0.690. The highest BCUT2D eigenvalue weighted by atomic mass is 16.3. The Morgan fingerprint density at radius 2 is 1.86 bits per heavy atom. The standard InChI is InChI=1S/C30H46N6O/c1-5-7-15-31-30-32-20-27-28(22-36(29(27)33-30)26(6-2)14-9-23(3)37)25-12-10-24(11-13-25)21-35-17-8-16-34(4)18-19-35/h10-13,20,22-23,26,37H,5-9,14-19,21H2,1-4H3,(H,31,32,33)/t23-,26?/m1/s1. The van der Waals surface area contributed by atoms with Gasteiger partial charge in [-0.1, -0.05) is 44.5 Å². The van der Waals surface area contributed by atoms with Crippen molar-refractivity contribution in [2.75, 3.05) is 45.1 Å². The van der Waals surface area contributed by atoms with Gasteiger partial charge in [-0.2, -0.15) is 4.98 Å². The van der Waals surface area contributed by atoms with Gasteiger partial charge >= 0.3 is 0 Å². The fourth-order valence-corrected chi connectivity index (χ4v) is 5.28. The van der Waals surface area contributed by atoms with Gasteiger partial charge in [0, 0.05) is 55.6 Å². The van der Waals surface area contributed by atoms with Crippen molar-refractivity contribution in [1.82, 2.24) is 24.3 Å². The van der Waals surface area contributed by atoms with Gasteiger partial charge in [0.15, 0.2) is 0 Å². The lowest BCUT2D eigenvalue weighted by Gasteiger charge is -2.20. The number of hydrogen-bond acceptors (Lipinski definition) is 6. The average molecular weight is 507 g/mol. The molecule has 202 valence electrons. The summed E-state index contributed by atoms with van der Waals surface area (Å²) in [6.45, 7) is 12.8. The molecule has 0 saturated carbocycles. The molecule has 3 heterocycles. The number of aliphatic hydroxyl groups excluding tert-OH is 1. The minimum absolute atomic E-state index is 0.282. The van der Waals surface area contributed by atoms with E-state index >= 15 is 0 Å². The van der Waals surface area contributed by atoms with Gasteiger partial charge in [-0.25, -0.2) is 4.98 Å². The number of fused-ring (bicyclic) bond motifs is 1. The van der Waals surface area contributed by atoms with Gasteiger partial charge in [0.05, 0.1) is 6.10 Å². The molecule has 0 amide bonds. The van der Waals surface area contributed by atoms with Crippen LogP contribution in [0.2, 0.25) is 0 Å². The van der Waals surface area contributed by atoms with Crippen LogP contribution in [0.15, 0.2) is 36.7 Å². The first-order chi connectivity index (χ1) is 18.0. The Morgan fingerprint density at radius 3 is 2.59 bits per heavy atom. The Labute approximate surface area is 222 Å². The van der Waals surface area contributed by atoms with Crippen LogP contribution in [0.5, 0.6) is 0 Å². The van der Waals surface area contributed by atoms with Crippen molar-refractivity contribution in [3.63, 3.8) is 0 Å². The molecule has 0 radical (unpaired) electrons. The van der Waals surface area contributed by atoms with Crippen LogP contribution < -0.4 is 5.32 Å². The molecule has 1 aliphatic rings. The molecule has 1 saturated heterocycles. The van der Waals surface area contributed by atoms with Crippen LogP contribution in [-0.2, 0) is 6.54 Å². The third-order valence-electron chi connectivity index (χ3n) is 7.65. The van der Waals surface area contributed by atoms with Gasteiger partial charge in [-0.15, -0.1) is 0 Å². The van der Waals surface area contributed by atoms with Gasteiger partial charge in [-0.3, -0.25) is 4.90 Å². The van der Waals surface area contributed by atoms with E-state index in [1.807, 2.05) is 13.1 Å². The highest BCUT2D eigenvalue weighted by Crippen LogP contribution is 2.34. The fraction of sp³-hybridized carbons (Fsp3) is 0.600. The summed E-state index contributed by atoms with van der Waals surface area (Å²) in [5, 5.41) is 14.4. The van der Waals surface area contributed by atoms with Crippen molar-refractivity contribution in [1.29, 1.82) is 0 Å². The topological polar surface area (TPSA) is 69.5 Å². The van der Waals surface area contributed by atoms with Crippen LogP contribution >= 0.6 is 0 Å². The lowest BCUT2D eigenvalue weighted by molar-refractivity contribution is 0.173. The second-order valence-electron chi connectivity index (χ2n) is 10.8. The summed E-state index contributed by atoms with van der Waals surface area (Å²) >= 11 is 0. The molecule has 7 heteroatoms. The van der Waals surface area contributed by atoms with E-state index in [1.54, 1.807) is 0 Å². The lowest BCUT2D eigenvalue weighted by Crippen LogP contribution is -2.28. The smallest absolute Gasteiger partial charge is 0.224 e. The number of unbranched alkanes of at least 4 members (excludes halogenated alkanes) is 1. The Hall–Kier alpha value is -2.48. The number of aliphatic hydroxyl groups is 1. The molecule has 1 fully saturated rings. The van der Waals surface area contributed by atoms with E-state index in [0.717, 1.165) is 75.9 Å². The van der Waals surface area contributed by atoms with E-state index < -0.39 is 0 Å². The first kappa shape index (κ1) is 27.6. The largest absolute Gasteiger partial charge is 0.393 e. The molecule has 4 rings (SSSR count). The quantitative estimate of drug-likeness (QED) is 0.314. The van der Waals surface area contributed by atoms with Crippen molar-refractivity contribution in [2.24, 2.45) is 0 Å². The zero-order chi connectivity index (χ0) is 26.2. The summed E-state index contributed by atoms with van der Waals surface area (Å²) in [4.78, 5) is 14.6. The molecular formula is C30H46N6O. The minimum atomic E-state index is -0.298. The number of rotatable bonds is 12. The lowest BCUT2D eigenvalue weighted by atomic mass is 10.0. The van der Waals surface area contributed by atoms with E-state index in [1.165, 1.54) is 29.7 Å². The summed E-state index contributed by atoms with van der Waals surface area (Å²) in [6, 6.07) is 9.34. The molecule has 2 N–H and O–H groups in total. The number of anilines is 1. The minimum Gasteiger partial charge on any atom is -0.393 e. The maximum absolute atomic E-state index is 9.93. The fourth-order valence-electron chi connectivity index (χ4n) is 5.28. The van der Waals surface area contributed by atoms with Crippen molar-refractivity contribution >= 4 is 17.0 Å². The van der Waals surface area contributed by atoms with Crippen LogP contribution in [0.25, 0.3) is 22.2 Å². The molecule has 3 aromatic rings. The summed E-state index contributed by atoms with van der Waals surface area (Å²) < 4.78 is 2.32. The van der Waals surface area contributed by atoms with Crippen molar-refractivity contribution < 1.29 is 5.11 Å². The zero-order valence-corrected chi connectivity index (χ0v) is 23.3. The first-order valence-corrected chi connectivity index (χ1v) is 14.3. The van der Waals surface area contributed by atoms with Crippen molar-refractivity contribution in [3.8, 4) is 11.1 Å². The van der Waals surface area contributed by atoms with Crippen LogP contribution in [-0.4, -0.2) is 75.3 Å². The van der Waals surface area contributed by atoms with E-state index in [0.29, 0.717) is 5.95 Å². The average Bonchev–Trinajstić information content (AvgIpc) is 3.14. The van der Waals surface area contributed by atoms with Gasteiger partial charge in [-0.05, 0) is 70.3 Å². The second kappa shape index (κ2) is 13.4. The molecule has 0 aliphatic carbocycles. The first-order valence-electron chi connectivity index (χ1n) is 14.3. The molecular weight excluding hydrogens is 460 g/mol. The van der Waals surface area contributed by atoms with E-state index in [2.05, 4.69) is 76.0 Å². The van der Waals surface area contributed by atoms with Gasteiger partial charge in [0.2, 0.25) is 5.95 Å². The normalized spacial score (nSPS) is 17.1. The molecule has 1 aliphatic heterocycles. The number of aromatic nitrogens is 3. The molecule has 37 heavy (non-hydrogen) atoms. The Morgan fingerprint density at radius 1 is 1.05 bits per heavy atom. The number of hydrogen-bond donors (Lipinski definition) is 2. The van der Waals surface area contributed by atoms with Crippen LogP contribution in [0.4, 0.5) is 5.95 Å². The second-order valence-corrected chi connectivity index (χ2v) is 10.8. The van der Waals surface area contributed by atoms with E-state index in [-0.39, 0.29) is 12.1 Å². The molecule has 1 unspecified atom stereocenters.